The van der Waals surface area contributed by atoms with Gasteiger partial charge < -0.3 is 14.8 Å². The second-order valence-electron chi connectivity index (χ2n) is 4.57. The first-order valence-electron chi connectivity index (χ1n) is 6.58. The summed E-state index contributed by atoms with van der Waals surface area (Å²) in [5, 5.41) is 3.38. The number of ether oxygens (including phenoxy) is 2. The Balaban J connectivity index is 4.23. The summed E-state index contributed by atoms with van der Waals surface area (Å²) in [6.45, 7) is 7.99. The van der Waals surface area contributed by atoms with Crippen LogP contribution in [0.25, 0.3) is 0 Å². The van der Waals surface area contributed by atoms with E-state index in [1.54, 1.807) is 14.2 Å². The van der Waals surface area contributed by atoms with E-state index < -0.39 is 0 Å². The largest absolute Gasteiger partial charge is 0.383 e. The molecular weight excluding hydrogens is 216 g/mol. The number of hydrogen-bond acceptors (Lipinski definition) is 4. The van der Waals surface area contributed by atoms with Crippen molar-refractivity contribution in [3.05, 3.63) is 0 Å². The van der Waals surface area contributed by atoms with Gasteiger partial charge in [0.2, 0.25) is 0 Å². The maximum atomic E-state index is 5.24. The Morgan fingerprint density at radius 3 is 2.41 bits per heavy atom. The number of likely N-dealkylation sites (N-methyl/N-ethyl adjacent to an activating group) is 1. The average Bonchev–Trinajstić information content (AvgIpc) is 2.33. The molecule has 0 aromatic heterocycles. The lowest BCUT2D eigenvalue weighted by Crippen LogP contribution is -2.46. The molecule has 0 bridgehead atoms. The van der Waals surface area contributed by atoms with Crippen molar-refractivity contribution in [2.75, 3.05) is 47.6 Å². The monoisotopic (exact) mass is 246 g/mol. The molecule has 0 fully saturated rings. The van der Waals surface area contributed by atoms with Crippen molar-refractivity contribution in [3.8, 4) is 0 Å². The van der Waals surface area contributed by atoms with Crippen LogP contribution in [0.2, 0.25) is 0 Å². The number of methoxy groups -OCH3 is 2. The van der Waals surface area contributed by atoms with Gasteiger partial charge in [0.25, 0.3) is 0 Å². The molecule has 0 spiro atoms. The summed E-state index contributed by atoms with van der Waals surface area (Å²) in [6.07, 6.45) is 2.42. The van der Waals surface area contributed by atoms with E-state index in [9.17, 15) is 0 Å². The lowest BCUT2D eigenvalue weighted by atomic mass is 10.1. The molecule has 0 saturated heterocycles. The van der Waals surface area contributed by atoms with Crippen LogP contribution in [0.1, 0.15) is 26.7 Å². The zero-order valence-electron chi connectivity index (χ0n) is 12.2. The van der Waals surface area contributed by atoms with Crippen molar-refractivity contribution in [2.45, 2.75) is 38.8 Å². The summed E-state index contributed by atoms with van der Waals surface area (Å²) in [5.74, 6) is 0. The Kier molecular flexibility index (Phi) is 10.9. The highest BCUT2D eigenvalue weighted by molar-refractivity contribution is 4.74. The minimum absolute atomic E-state index is 0.433. The first-order chi connectivity index (χ1) is 8.19. The predicted octanol–water partition coefficient (Wildman–Crippen LogP) is 1.36. The molecule has 4 nitrogen and oxygen atoms in total. The van der Waals surface area contributed by atoms with E-state index in [1.807, 2.05) is 7.05 Å². The van der Waals surface area contributed by atoms with E-state index in [0.29, 0.717) is 12.1 Å². The summed E-state index contributed by atoms with van der Waals surface area (Å²) in [4.78, 5) is 2.43. The third kappa shape index (κ3) is 7.71. The zero-order valence-corrected chi connectivity index (χ0v) is 12.2. The topological polar surface area (TPSA) is 33.7 Å². The highest BCUT2D eigenvalue weighted by Crippen LogP contribution is 2.05. The fourth-order valence-corrected chi connectivity index (χ4v) is 2.01. The zero-order chi connectivity index (χ0) is 13.1. The molecule has 0 saturated carbocycles. The first kappa shape index (κ1) is 16.8. The van der Waals surface area contributed by atoms with Crippen molar-refractivity contribution in [2.24, 2.45) is 0 Å². The molecule has 0 aliphatic heterocycles. The number of hydrogen-bond donors (Lipinski definition) is 1. The van der Waals surface area contributed by atoms with E-state index >= 15 is 0 Å². The van der Waals surface area contributed by atoms with Crippen LogP contribution in [0.3, 0.4) is 0 Å². The van der Waals surface area contributed by atoms with Gasteiger partial charge in [-0.2, -0.15) is 0 Å². The molecule has 0 aromatic carbocycles. The lowest BCUT2D eigenvalue weighted by molar-refractivity contribution is 0.0686. The lowest BCUT2D eigenvalue weighted by Gasteiger charge is -2.32. The summed E-state index contributed by atoms with van der Waals surface area (Å²) >= 11 is 0. The number of nitrogens with one attached hydrogen (secondary N) is 1. The van der Waals surface area contributed by atoms with Gasteiger partial charge in [-0.1, -0.05) is 13.3 Å². The highest BCUT2D eigenvalue weighted by atomic mass is 16.5. The van der Waals surface area contributed by atoms with Crippen molar-refractivity contribution in [3.63, 3.8) is 0 Å². The Labute approximate surface area is 107 Å². The van der Waals surface area contributed by atoms with E-state index in [-0.39, 0.29) is 0 Å². The Hall–Kier alpha value is -0.160. The highest BCUT2D eigenvalue weighted by Gasteiger charge is 2.17. The molecule has 0 radical (unpaired) electrons. The molecule has 17 heavy (non-hydrogen) atoms. The van der Waals surface area contributed by atoms with E-state index in [1.165, 1.54) is 12.8 Å². The van der Waals surface area contributed by atoms with Gasteiger partial charge in [-0.3, -0.25) is 4.90 Å². The van der Waals surface area contributed by atoms with Gasteiger partial charge in [-0.05, 0) is 20.4 Å². The standard InChI is InChI=1S/C13H30N2O2/c1-6-7-13(14-3)10-15(8-9-16-4)12(2)11-17-5/h12-14H,6-11H2,1-5H3. The fraction of sp³-hybridized carbons (Fsp3) is 1.00. The van der Waals surface area contributed by atoms with Crippen LogP contribution < -0.4 is 5.32 Å². The van der Waals surface area contributed by atoms with Gasteiger partial charge in [-0.25, -0.2) is 0 Å². The van der Waals surface area contributed by atoms with Crippen LogP contribution in [0.15, 0.2) is 0 Å². The van der Waals surface area contributed by atoms with Crippen LogP contribution in [-0.4, -0.2) is 64.6 Å². The molecule has 0 aliphatic carbocycles. The van der Waals surface area contributed by atoms with Crippen molar-refractivity contribution < 1.29 is 9.47 Å². The molecule has 4 heteroatoms. The van der Waals surface area contributed by atoms with E-state index in [0.717, 1.165) is 26.3 Å². The molecule has 0 heterocycles. The second kappa shape index (κ2) is 11.0. The van der Waals surface area contributed by atoms with Gasteiger partial charge >= 0.3 is 0 Å². The smallest absolute Gasteiger partial charge is 0.0615 e. The average molecular weight is 246 g/mol. The van der Waals surface area contributed by atoms with Crippen LogP contribution in [0.4, 0.5) is 0 Å². The first-order valence-corrected chi connectivity index (χ1v) is 6.58. The quantitative estimate of drug-likeness (QED) is 0.597. The van der Waals surface area contributed by atoms with E-state index in [2.05, 4.69) is 24.1 Å². The van der Waals surface area contributed by atoms with Gasteiger partial charge in [-0.15, -0.1) is 0 Å². The summed E-state index contributed by atoms with van der Waals surface area (Å²) in [6, 6.07) is 0.985. The van der Waals surface area contributed by atoms with Gasteiger partial charge in [0.05, 0.1) is 13.2 Å². The number of rotatable bonds is 11. The summed E-state index contributed by atoms with van der Waals surface area (Å²) in [7, 11) is 5.54. The van der Waals surface area contributed by atoms with E-state index in [4.69, 9.17) is 9.47 Å². The maximum Gasteiger partial charge on any atom is 0.0615 e. The summed E-state index contributed by atoms with van der Waals surface area (Å²) in [5.41, 5.74) is 0. The van der Waals surface area contributed by atoms with Crippen molar-refractivity contribution >= 4 is 0 Å². The third-order valence-corrected chi connectivity index (χ3v) is 3.11. The van der Waals surface area contributed by atoms with Crippen LogP contribution in [0, 0.1) is 0 Å². The molecule has 2 unspecified atom stereocenters. The van der Waals surface area contributed by atoms with Gasteiger partial charge in [0.1, 0.15) is 0 Å². The summed E-state index contributed by atoms with van der Waals surface area (Å²) < 4.78 is 10.4. The van der Waals surface area contributed by atoms with Crippen molar-refractivity contribution in [1.82, 2.24) is 10.2 Å². The molecule has 2 atom stereocenters. The molecule has 0 rings (SSSR count). The van der Waals surface area contributed by atoms with Crippen LogP contribution >= 0.6 is 0 Å². The minimum Gasteiger partial charge on any atom is -0.383 e. The molecule has 0 aliphatic rings. The Morgan fingerprint density at radius 1 is 1.24 bits per heavy atom. The molecule has 104 valence electrons. The number of nitrogens with zero attached hydrogens (tertiary/aromatic N) is 1. The van der Waals surface area contributed by atoms with Crippen LogP contribution in [-0.2, 0) is 9.47 Å². The van der Waals surface area contributed by atoms with Crippen molar-refractivity contribution in [1.29, 1.82) is 0 Å². The molecule has 0 aromatic rings. The van der Waals surface area contributed by atoms with Gasteiger partial charge in [0.15, 0.2) is 0 Å². The Morgan fingerprint density at radius 2 is 1.94 bits per heavy atom. The van der Waals surface area contributed by atoms with Crippen LogP contribution in [0.5, 0.6) is 0 Å². The Bertz CT molecular complexity index is 167. The predicted molar refractivity (Wildman–Crippen MR) is 72.5 cm³/mol. The second-order valence-corrected chi connectivity index (χ2v) is 4.57. The third-order valence-electron chi connectivity index (χ3n) is 3.11. The fourth-order valence-electron chi connectivity index (χ4n) is 2.01. The molecule has 0 amide bonds. The maximum absolute atomic E-state index is 5.24. The molecular formula is C13H30N2O2. The van der Waals surface area contributed by atoms with Gasteiger partial charge in [0, 0.05) is 39.4 Å². The SMILES string of the molecule is CCCC(CN(CCOC)C(C)COC)NC. The normalized spacial score (nSPS) is 15.2. The molecule has 1 N–H and O–H groups in total. The minimum atomic E-state index is 0.433.